The molecule has 5 heteroatoms. The molecular formula is C10H16N4O. The molecule has 5 nitrogen and oxygen atoms in total. The van der Waals surface area contributed by atoms with Crippen molar-refractivity contribution in [2.75, 3.05) is 0 Å². The predicted molar refractivity (Wildman–Crippen MR) is 57.9 cm³/mol. The lowest BCUT2D eigenvalue weighted by molar-refractivity contribution is -0.123. The molecule has 0 bridgehead atoms. The molecule has 2 unspecified atom stereocenters. The van der Waals surface area contributed by atoms with Crippen LogP contribution in [0.5, 0.6) is 0 Å². The summed E-state index contributed by atoms with van der Waals surface area (Å²) < 4.78 is 0. The van der Waals surface area contributed by atoms with Crippen LogP contribution < -0.4 is 11.1 Å². The predicted octanol–water partition coefficient (Wildman–Crippen LogP) is 0.490. The molecule has 1 heterocycles. The number of nitrogens with one attached hydrogen (secondary N) is 2. The van der Waals surface area contributed by atoms with E-state index in [0.717, 1.165) is 0 Å². The molecule has 82 valence electrons. The van der Waals surface area contributed by atoms with Crippen LogP contribution in [0, 0.1) is 0 Å². The first kappa shape index (κ1) is 11.5. The summed E-state index contributed by atoms with van der Waals surface area (Å²) >= 11 is 0. The largest absolute Gasteiger partial charge is 0.347 e. The van der Waals surface area contributed by atoms with Crippen LogP contribution in [0.4, 0.5) is 0 Å². The van der Waals surface area contributed by atoms with Crippen molar-refractivity contribution in [1.29, 1.82) is 0 Å². The first-order valence-corrected chi connectivity index (χ1v) is 4.81. The van der Waals surface area contributed by atoms with Crippen molar-refractivity contribution in [3.8, 4) is 0 Å². The van der Waals surface area contributed by atoms with Gasteiger partial charge in [0.05, 0.1) is 12.1 Å². The van der Waals surface area contributed by atoms with Gasteiger partial charge in [0.15, 0.2) is 0 Å². The number of nitrogens with zero attached hydrogens (tertiary/aromatic N) is 1. The van der Waals surface area contributed by atoms with Gasteiger partial charge in [0, 0.05) is 12.4 Å². The van der Waals surface area contributed by atoms with Crippen LogP contribution in [0.25, 0.3) is 0 Å². The van der Waals surface area contributed by atoms with E-state index in [-0.39, 0.29) is 11.9 Å². The van der Waals surface area contributed by atoms with Crippen LogP contribution >= 0.6 is 0 Å². The number of H-pyrrole nitrogens is 1. The Kier molecular flexibility index (Phi) is 4.05. The van der Waals surface area contributed by atoms with Gasteiger partial charge in [-0.2, -0.15) is 0 Å². The van der Waals surface area contributed by atoms with Crippen molar-refractivity contribution in [3.63, 3.8) is 0 Å². The quantitative estimate of drug-likeness (QED) is 0.616. The summed E-state index contributed by atoms with van der Waals surface area (Å²) in [6, 6.07) is -0.705. The highest BCUT2D eigenvalue weighted by Gasteiger charge is 2.16. The Bertz CT molecular complexity index is 320. The molecule has 1 aromatic heterocycles. The molecule has 4 N–H and O–H groups in total. The normalized spacial score (nSPS) is 14.3. The number of aromatic nitrogens is 2. The van der Waals surface area contributed by atoms with Crippen molar-refractivity contribution in [1.82, 2.24) is 15.3 Å². The Labute approximate surface area is 88.8 Å². The fourth-order valence-corrected chi connectivity index (χ4v) is 1.19. The van der Waals surface area contributed by atoms with Crippen LogP contribution in [0.1, 0.15) is 25.2 Å². The van der Waals surface area contributed by atoms with Crippen molar-refractivity contribution in [2.24, 2.45) is 5.73 Å². The van der Waals surface area contributed by atoms with E-state index in [1.807, 2.05) is 6.92 Å². The van der Waals surface area contributed by atoms with Crippen molar-refractivity contribution >= 4 is 5.91 Å². The average Bonchev–Trinajstić information content (AvgIpc) is 2.70. The van der Waals surface area contributed by atoms with E-state index in [4.69, 9.17) is 5.73 Å². The zero-order valence-electron chi connectivity index (χ0n) is 8.73. The van der Waals surface area contributed by atoms with Crippen molar-refractivity contribution < 1.29 is 4.79 Å². The number of carbonyl (C=O) groups is 1. The van der Waals surface area contributed by atoms with Crippen molar-refractivity contribution in [2.45, 2.75) is 25.4 Å². The number of rotatable bonds is 5. The number of amides is 1. The molecule has 2 atom stereocenters. The third-order valence-corrected chi connectivity index (χ3v) is 2.05. The molecule has 0 aliphatic rings. The first-order chi connectivity index (χ1) is 7.15. The Morgan fingerprint density at radius 3 is 3.13 bits per heavy atom. The summed E-state index contributed by atoms with van der Waals surface area (Å²) in [7, 11) is 0. The number of hydrogen-bond acceptors (Lipinski definition) is 3. The Morgan fingerprint density at radius 1 is 1.87 bits per heavy atom. The number of carbonyl (C=O) groups excluding carboxylic acids is 1. The maximum absolute atomic E-state index is 11.5. The van der Waals surface area contributed by atoms with Gasteiger partial charge in [0.1, 0.15) is 5.82 Å². The lowest BCUT2D eigenvalue weighted by atomic mass is 10.2. The van der Waals surface area contributed by atoms with E-state index in [1.165, 1.54) is 0 Å². The van der Waals surface area contributed by atoms with Gasteiger partial charge in [0.2, 0.25) is 5.91 Å². The topological polar surface area (TPSA) is 83.8 Å². The summed E-state index contributed by atoms with van der Waals surface area (Å²) in [6.45, 7) is 5.38. The average molecular weight is 208 g/mol. The highest BCUT2D eigenvalue weighted by molar-refractivity contribution is 5.81. The minimum atomic E-state index is -0.542. The minimum Gasteiger partial charge on any atom is -0.347 e. The van der Waals surface area contributed by atoms with Crippen LogP contribution in [-0.4, -0.2) is 21.9 Å². The molecule has 0 radical (unpaired) electrons. The Hall–Kier alpha value is -1.62. The van der Waals surface area contributed by atoms with Gasteiger partial charge in [-0.15, -0.1) is 6.58 Å². The van der Waals surface area contributed by atoms with Crippen LogP contribution in [0.15, 0.2) is 25.0 Å². The van der Waals surface area contributed by atoms with Gasteiger partial charge < -0.3 is 16.0 Å². The molecule has 0 aliphatic heterocycles. The van der Waals surface area contributed by atoms with Gasteiger partial charge in [-0.3, -0.25) is 4.79 Å². The fourth-order valence-electron chi connectivity index (χ4n) is 1.19. The number of imidazole rings is 1. The van der Waals surface area contributed by atoms with E-state index < -0.39 is 6.04 Å². The smallest absolute Gasteiger partial charge is 0.237 e. The van der Waals surface area contributed by atoms with E-state index in [1.54, 1.807) is 18.5 Å². The maximum Gasteiger partial charge on any atom is 0.237 e. The zero-order valence-corrected chi connectivity index (χ0v) is 8.73. The molecular weight excluding hydrogens is 192 g/mol. The molecule has 1 aromatic rings. The summed E-state index contributed by atoms with van der Waals surface area (Å²) in [5, 5.41) is 2.76. The molecule has 0 spiro atoms. The second-order valence-corrected chi connectivity index (χ2v) is 3.34. The SMILES string of the molecule is C=CCC(N)C(=O)NC(C)c1ncc[nH]1. The van der Waals surface area contributed by atoms with E-state index in [0.29, 0.717) is 12.2 Å². The van der Waals surface area contributed by atoms with Gasteiger partial charge in [-0.25, -0.2) is 4.98 Å². The molecule has 1 amide bonds. The second kappa shape index (κ2) is 5.31. The summed E-state index contributed by atoms with van der Waals surface area (Å²) in [5.74, 6) is 0.521. The molecule has 0 aromatic carbocycles. The lowest BCUT2D eigenvalue weighted by Crippen LogP contribution is -2.41. The summed E-state index contributed by atoms with van der Waals surface area (Å²) in [4.78, 5) is 18.5. The first-order valence-electron chi connectivity index (χ1n) is 4.81. The number of nitrogens with two attached hydrogens (primary N) is 1. The molecule has 0 saturated carbocycles. The highest BCUT2D eigenvalue weighted by atomic mass is 16.2. The van der Waals surface area contributed by atoms with Gasteiger partial charge in [-0.1, -0.05) is 6.08 Å². The lowest BCUT2D eigenvalue weighted by Gasteiger charge is -2.14. The summed E-state index contributed by atoms with van der Waals surface area (Å²) in [5.41, 5.74) is 5.62. The molecule has 0 fully saturated rings. The van der Waals surface area contributed by atoms with E-state index >= 15 is 0 Å². The van der Waals surface area contributed by atoms with Crippen LogP contribution in [-0.2, 0) is 4.79 Å². The van der Waals surface area contributed by atoms with Gasteiger partial charge in [-0.05, 0) is 13.3 Å². The standard InChI is InChI=1S/C10H16N4O/c1-3-4-8(11)10(15)14-7(2)9-12-5-6-13-9/h3,5-8H,1,4,11H2,2H3,(H,12,13)(H,14,15). The monoisotopic (exact) mass is 208 g/mol. The van der Waals surface area contributed by atoms with Crippen molar-refractivity contribution in [3.05, 3.63) is 30.9 Å². The van der Waals surface area contributed by atoms with E-state index in [2.05, 4.69) is 21.9 Å². The van der Waals surface area contributed by atoms with Gasteiger partial charge in [0.25, 0.3) is 0 Å². The number of hydrogen-bond donors (Lipinski definition) is 3. The molecule has 0 aliphatic carbocycles. The minimum absolute atomic E-state index is 0.164. The third-order valence-electron chi connectivity index (χ3n) is 2.05. The van der Waals surface area contributed by atoms with Crippen LogP contribution in [0.3, 0.4) is 0 Å². The third kappa shape index (κ3) is 3.21. The Balaban J connectivity index is 2.48. The van der Waals surface area contributed by atoms with Gasteiger partial charge >= 0.3 is 0 Å². The molecule has 15 heavy (non-hydrogen) atoms. The number of aromatic amines is 1. The molecule has 1 rings (SSSR count). The van der Waals surface area contributed by atoms with E-state index in [9.17, 15) is 4.79 Å². The zero-order chi connectivity index (χ0) is 11.3. The fraction of sp³-hybridized carbons (Fsp3) is 0.400. The maximum atomic E-state index is 11.5. The van der Waals surface area contributed by atoms with Crippen LogP contribution in [0.2, 0.25) is 0 Å². The summed E-state index contributed by atoms with van der Waals surface area (Å²) in [6.07, 6.45) is 5.45. The highest BCUT2D eigenvalue weighted by Crippen LogP contribution is 2.05. The Morgan fingerprint density at radius 2 is 2.60 bits per heavy atom. The molecule has 0 saturated heterocycles. The second-order valence-electron chi connectivity index (χ2n) is 3.34.